The van der Waals surface area contributed by atoms with Crippen molar-refractivity contribution >= 4 is 0 Å². The highest BCUT2D eigenvalue weighted by Gasteiger charge is 2.59. The van der Waals surface area contributed by atoms with Gasteiger partial charge in [0.05, 0.1) is 134 Å². The molecule has 0 aromatic heterocycles. The van der Waals surface area contributed by atoms with Crippen LogP contribution in [0, 0.1) is 0 Å². The molecule has 20 atom stereocenters. The molecule has 9 fully saturated rings. The Morgan fingerprint density at radius 1 is 0.532 bits per heavy atom. The Balaban J connectivity index is 0.730. The van der Waals surface area contributed by atoms with Crippen molar-refractivity contribution in [2.24, 2.45) is 0 Å². The van der Waals surface area contributed by atoms with E-state index in [1.54, 1.807) is 0 Å². The standard InChI is InChI=1S/C50H68O12/c1-29-32(51)20-36-37(54-29)23-43-33(55-36)15-17-48-50(3,62-43)26-46-42(60-48)22-39-40(58-46)21-38-41(57-39)24-44-34(56-38)14-16-47-49(2,61-44)25-45(53-28-31-12-8-5-9-13-31)35(59-47)18-19-52-27-30-10-6-4-7-11-30/h4-13,29,32-48,51H,14-28H2,1-3H3/t29-,32+,33+,34+,35+,36-,37+,38-,39-,40+,41+,42+,43-,44-,45-,46-,47-,48-,49+,50+/m1/s1. The van der Waals surface area contributed by atoms with Crippen molar-refractivity contribution in [1.29, 1.82) is 0 Å². The first kappa shape index (κ1) is 42.6. The van der Waals surface area contributed by atoms with Gasteiger partial charge >= 0.3 is 0 Å². The van der Waals surface area contributed by atoms with Gasteiger partial charge in [-0.1, -0.05) is 60.7 Å². The molecular formula is C50H68O12. The summed E-state index contributed by atoms with van der Waals surface area (Å²) in [5, 5.41) is 10.5. The van der Waals surface area contributed by atoms with E-state index in [0.29, 0.717) is 26.2 Å². The number of fused-ring (bicyclic) bond motifs is 8. The van der Waals surface area contributed by atoms with Gasteiger partial charge in [-0.15, -0.1) is 0 Å². The summed E-state index contributed by atoms with van der Waals surface area (Å²) >= 11 is 0. The van der Waals surface area contributed by atoms with Crippen molar-refractivity contribution in [2.75, 3.05) is 6.61 Å². The average molecular weight is 861 g/mol. The molecule has 11 rings (SSSR count). The molecule has 9 aliphatic rings. The maximum absolute atomic E-state index is 10.5. The molecule has 12 heteroatoms. The van der Waals surface area contributed by atoms with E-state index in [2.05, 4.69) is 50.2 Å². The number of benzene rings is 2. The molecule has 9 saturated heterocycles. The number of hydrogen-bond acceptors (Lipinski definition) is 12. The van der Waals surface area contributed by atoms with Gasteiger partial charge in [0.15, 0.2) is 0 Å². The molecule has 0 unspecified atom stereocenters. The summed E-state index contributed by atoms with van der Waals surface area (Å²) in [7, 11) is 0. The molecule has 340 valence electrons. The summed E-state index contributed by atoms with van der Waals surface area (Å²) in [5.41, 5.74) is 1.28. The number of hydrogen-bond donors (Lipinski definition) is 1. The van der Waals surface area contributed by atoms with Crippen LogP contribution in [0.2, 0.25) is 0 Å². The Bertz CT molecular complexity index is 1800. The van der Waals surface area contributed by atoms with E-state index in [1.807, 2.05) is 31.2 Å². The lowest BCUT2D eigenvalue weighted by Gasteiger charge is -2.55. The van der Waals surface area contributed by atoms with E-state index in [9.17, 15) is 5.11 Å². The van der Waals surface area contributed by atoms with Crippen LogP contribution in [-0.4, -0.2) is 133 Å². The zero-order valence-corrected chi connectivity index (χ0v) is 36.7. The van der Waals surface area contributed by atoms with Gasteiger partial charge in [0.2, 0.25) is 0 Å². The van der Waals surface area contributed by atoms with Gasteiger partial charge in [0.25, 0.3) is 0 Å². The van der Waals surface area contributed by atoms with Crippen molar-refractivity contribution in [3.63, 3.8) is 0 Å². The van der Waals surface area contributed by atoms with Crippen molar-refractivity contribution in [1.82, 2.24) is 0 Å². The minimum absolute atomic E-state index is 0.0350. The molecule has 9 heterocycles. The third-order valence-electron chi connectivity index (χ3n) is 16.1. The normalized spacial score (nSPS) is 48.5. The predicted molar refractivity (Wildman–Crippen MR) is 225 cm³/mol. The fourth-order valence-corrected chi connectivity index (χ4v) is 12.6. The van der Waals surface area contributed by atoms with E-state index in [-0.39, 0.29) is 104 Å². The van der Waals surface area contributed by atoms with Crippen LogP contribution < -0.4 is 0 Å². The highest BCUT2D eigenvalue weighted by atomic mass is 16.6. The fourth-order valence-electron chi connectivity index (χ4n) is 12.6. The van der Waals surface area contributed by atoms with Gasteiger partial charge in [-0.05, 0) is 64.0 Å². The molecule has 1 N–H and O–H groups in total. The second-order valence-corrected chi connectivity index (χ2v) is 20.5. The van der Waals surface area contributed by atoms with Crippen LogP contribution in [-0.2, 0) is 65.3 Å². The summed E-state index contributed by atoms with van der Waals surface area (Å²) in [4.78, 5) is 0. The third-order valence-corrected chi connectivity index (χ3v) is 16.1. The largest absolute Gasteiger partial charge is 0.390 e. The van der Waals surface area contributed by atoms with Crippen LogP contribution in [0.15, 0.2) is 60.7 Å². The quantitative estimate of drug-likeness (QED) is 0.291. The van der Waals surface area contributed by atoms with Gasteiger partial charge < -0.3 is 57.2 Å². The van der Waals surface area contributed by atoms with Crippen LogP contribution in [0.5, 0.6) is 0 Å². The molecule has 2 aromatic carbocycles. The van der Waals surface area contributed by atoms with Crippen molar-refractivity contribution < 1.29 is 57.2 Å². The Morgan fingerprint density at radius 3 is 1.68 bits per heavy atom. The summed E-state index contributed by atoms with van der Waals surface area (Å²) in [6.07, 6.45) is 7.48. The van der Waals surface area contributed by atoms with Gasteiger partial charge in [0, 0.05) is 51.6 Å². The fraction of sp³-hybridized carbons (Fsp3) is 0.760. The van der Waals surface area contributed by atoms with E-state index in [0.717, 1.165) is 76.2 Å². The summed E-state index contributed by atoms with van der Waals surface area (Å²) < 4.78 is 74.8. The van der Waals surface area contributed by atoms with Crippen LogP contribution in [0.4, 0.5) is 0 Å². The molecule has 0 radical (unpaired) electrons. The van der Waals surface area contributed by atoms with Crippen LogP contribution in [0.3, 0.4) is 0 Å². The van der Waals surface area contributed by atoms with E-state index in [1.165, 1.54) is 5.56 Å². The first-order valence-electron chi connectivity index (χ1n) is 24.0. The average Bonchev–Trinajstić information content (AvgIpc) is 3.49. The van der Waals surface area contributed by atoms with Crippen molar-refractivity contribution in [3.05, 3.63) is 71.8 Å². The molecule has 62 heavy (non-hydrogen) atoms. The Hall–Kier alpha value is -2.04. The van der Waals surface area contributed by atoms with Gasteiger partial charge in [-0.2, -0.15) is 0 Å². The second-order valence-electron chi connectivity index (χ2n) is 20.5. The van der Waals surface area contributed by atoms with E-state index >= 15 is 0 Å². The third kappa shape index (κ3) is 8.59. The number of ether oxygens (including phenoxy) is 11. The maximum atomic E-state index is 10.5. The number of aliphatic hydroxyl groups is 1. The van der Waals surface area contributed by atoms with Crippen LogP contribution >= 0.6 is 0 Å². The smallest absolute Gasteiger partial charge is 0.0945 e. The Kier molecular flexibility index (Phi) is 12.1. The second kappa shape index (κ2) is 17.6. The highest BCUT2D eigenvalue weighted by Crippen LogP contribution is 2.50. The van der Waals surface area contributed by atoms with Gasteiger partial charge in [0.1, 0.15) is 0 Å². The molecule has 0 spiro atoms. The van der Waals surface area contributed by atoms with E-state index in [4.69, 9.17) is 52.1 Å². The van der Waals surface area contributed by atoms with E-state index < -0.39 is 17.3 Å². The minimum Gasteiger partial charge on any atom is -0.390 e. The highest BCUT2D eigenvalue weighted by molar-refractivity contribution is 5.15. The molecule has 0 saturated carbocycles. The van der Waals surface area contributed by atoms with Gasteiger partial charge in [-0.25, -0.2) is 0 Å². The Morgan fingerprint density at radius 2 is 1.03 bits per heavy atom. The molecule has 0 bridgehead atoms. The molecule has 9 aliphatic heterocycles. The molecular weight excluding hydrogens is 793 g/mol. The zero-order chi connectivity index (χ0) is 42.0. The lowest BCUT2D eigenvalue weighted by Crippen LogP contribution is -2.65. The molecule has 0 aliphatic carbocycles. The van der Waals surface area contributed by atoms with Gasteiger partial charge in [-0.3, -0.25) is 0 Å². The Labute approximate surface area is 366 Å². The van der Waals surface area contributed by atoms with Crippen molar-refractivity contribution in [3.8, 4) is 0 Å². The monoisotopic (exact) mass is 860 g/mol. The summed E-state index contributed by atoms with van der Waals surface area (Å²) in [6.45, 7) is 8.06. The minimum atomic E-state index is -0.534. The van der Waals surface area contributed by atoms with Crippen LogP contribution in [0.25, 0.3) is 0 Å². The molecule has 0 amide bonds. The summed E-state index contributed by atoms with van der Waals surface area (Å²) in [6, 6.07) is 20.7. The predicted octanol–water partition coefficient (Wildman–Crippen LogP) is 6.54. The zero-order valence-electron chi connectivity index (χ0n) is 36.7. The van der Waals surface area contributed by atoms with Crippen LogP contribution in [0.1, 0.15) is 109 Å². The van der Waals surface area contributed by atoms with Crippen molar-refractivity contribution in [2.45, 2.75) is 232 Å². The molecule has 12 nitrogen and oxygen atoms in total. The topological polar surface area (TPSA) is 122 Å². The first-order valence-corrected chi connectivity index (χ1v) is 24.0. The lowest BCUT2D eigenvalue weighted by molar-refractivity contribution is -0.327. The summed E-state index contributed by atoms with van der Waals surface area (Å²) in [5.74, 6) is 0. The maximum Gasteiger partial charge on any atom is 0.0945 e. The molecule has 2 aromatic rings. The number of rotatable bonds is 8. The first-order chi connectivity index (χ1) is 30.1. The lowest BCUT2D eigenvalue weighted by atomic mass is 9.80. The SMILES string of the molecule is C[C@H]1O[C@H]2C[C@H]3O[C@@]4(C)C[C@H]5O[C@H]6C[C@H]7O[C@H]8CC[C@H]9O[C@@H](CCOCc%10ccccc%10)[C@H](OCc%10ccccc%10)C[C@]9(C)O[C@@H]8C[C@@H]7O[C@@H]6C[C@@H]5O[C@@H]4CC[C@@H]3O[C@@H]2C[C@@H]1O. The number of aliphatic hydroxyl groups excluding tert-OH is 1.